The first-order chi connectivity index (χ1) is 23.1. The topological polar surface area (TPSA) is 154 Å². The first-order valence-corrected chi connectivity index (χ1v) is 19.2. The van der Waals surface area contributed by atoms with Crippen LogP contribution in [0.4, 0.5) is 0 Å². The van der Waals surface area contributed by atoms with E-state index >= 15 is 0 Å². The van der Waals surface area contributed by atoms with E-state index < -0.39 is 5.97 Å². The number of aliphatic carboxylic acids is 1. The maximum atomic E-state index is 12.3. The highest BCUT2D eigenvalue weighted by atomic mass is 16.4. The van der Waals surface area contributed by atoms with Gasteiger partial charge in [-0.05, 0) is 65.2 Å². The van der Waals surface area contributed by atoms with Gasteiger partial charge in [0.25, 0.3) is 0 Å². The van der Waals surface area contributed by atoms with Gasteiger partial charge in [-0.1, -0.05) is 90.3 Å². The molecule has 0 unspecified atom stereocenters. The molecule has 10 nitrogen and oxygen atoms in total. The Bertz CT molecular complexity index is 860. The van der Waals surface area contributed by atoms with Crippen LogP contribution in [0.5, 0.6) is 0 Å². The smallest absolute Gasteiger partial charge is 0.303 e. The van der Waals surface area contributed by atoms with Gasteiger partial charge in [0.1, 0.15) is 5.78 Å². The molecular weight excluding hydrogens is 607 g/mol. The van der Waals surface area contributed by atoms with Gasteiger partial charge in [0.15, 0.2) is 0 Å². The number of carbonyl (C=O) groups excluding carboxylic acids is 4. The molecule has 0 aromatic rings. The third-order valence-corrected chi connectivity index (χ3v) is 8.76. The maximum Gasteiger partial charge on any atom is 0.303 e. The molecule has 5 N–H and O–H groups in total. The zero-order valence-corrected chi connectivity index (χ0v) is 30.8. The van der Waals surface area contributed by atoms with Crippen LogP contribution >= 0.6 is 0 Å². The molecule has 0 rings (SSSR count). The number of carbonyl (C=O) groups is 5. The van der Waals surface area contributed by atoms with E-state index in [-0.39, 0.29) is 35.6 Å². The molecule has 0 aliphatic heterocycles. The summed E-state index contributed by atoms with van der Waals surface area (Å²) >= 11 is 0. The van der Waals surface area contributed by atoms with Gasteiger partial charge in [-0.25, -0.2) is 0 Å². The van der Waals surface area contributed by atoms with E-state index in [2.05, 4.69) is 21.2 Å². The highest BCUT2D eigenvalue weighted by molar-refractivity contribution is 6.30. The molecule has 0 saturated carbocycles. The number of ketones is 1. The number of unbranched alkanes of at least 4 members (excludes halogenated alkanes) is 16. The minimum absolute atomic E-state index is 0.00199. The normalized spacial score (nSPS) is 12.2. The van der Waals surface area contributed by atoms with Gasteiger partial charge < -0.3 is 26.3 Å². The van der Waals surface area contributed by atoms with Crippen molar-refractivity contribution in [1.82, 2.24) is 21.2 Å². The van der Waals surface area contributed by atoms with Crippen LogP contribution < -0.4 is 21.2 Å². The lowest BCUT2D eigenvalue weighted by Crippen LogP contribution is -2.36. The molecule has 0 aromatic heterocycles. The van der Waals surface area contributed by atoms with Crippen LogP contribution in [-0.2, 0) is 24.0 Å². The standard InChI is InChI=1S/C37H70BN4O6/c1-31(41-36(46)25-17-14-12-10-8-6-4-5-7-9-11-13-15-19-26-37(47)48)27-28-35(45)40-29-21-16-18-24-34(44)39-30-22-20-23-33(32(2)43)42-38-3/h31,33,42H,4-30H2,1-3H3,(H,39,44)(H,40,45)(H,41,46)(H,47,48)/t31-,33+/m1/s1. The fourth-order valence-electron chi connectivity index (χ4n) is 5.75. The van der Waals surface area contributed by atoms with Gasteiger partial charge in [0.05, 0.1) is 6.04 Å². The number of Topliss-reactive ketones (excluding diaryl/α,β-unsaturated/α-hetero) is 1. The number of nitrogens with one attached hydrogen (secondary N) is 4. The average Bonchev–Trinajstić information content (AvgIpc) is 3.04. The number of hydrogen-bond donors (Lipinski definition) is 5. The van der Waals surface area contributed by atoms with Crippen molar-refractivity contribution in [2.24, 2.45) is 0 Å². The van der Waals surface area contributed by atoms with E-state index in [1.54, 1.807) is 14.3 Å². The van der Waals surface area contributed by atoms with Crippen molar-refractivity contribution in [2.75, 3.05) is 13.1 Å². The lowest BCUT2D eigenvalue weighted by Gasteiger charge is -2.14. The van der Waals surface area contributed by atoms with Crippen molar-refractivity contribution in [3.8, 4) is 0 Å². The molecule has 2 atom stereocenters. The van der Waals surface area contributed by atoms with Crippen LogP contribution in [0.2, 0.25) is 6.82 Å². The summed E-state index contributed by atoms with van der Waals surface area (Å²) in [4.78, 5) is 58.5. The number of carboxylic acid groups (broad SMARTS) is 1. The monoisotopic (exact) mass is 678 g/mol. The highest BCUT2D eigenvalue weighted by Gasteiger charge is 2.12. The fraction of sp³-hybridized carbons (Fsp3) is 0.865. The Morgan fingerprint density at radius 2 is 0.958 bits per heavy atom. The SMILES string of the molecule is C[B]N[C@@H](CCCCNC(=O)CCCCCNC(=O)CC[C@@H](C)NC(=O)CCCCCCCCCCCCCCCCC(=O)O)C(C)=O. The van der Waals surface area contributed by atoms with E-state index in [1.807, 2.05) is 13.7 Å². The number of amides is 3. The van der Waals surface area contributed by atoms with Crippen LogP contribution in [0.25, 0.3) is 0 Å². The number of hydrogen-bond acceptors (Lipinski definition) is 6. The molecule has 0 aromatic carbocycles. The molecule has 0 spiro atoms. The van der Waals surface area contributed by atoms with Gasteiger partial charge in [0.2, 0.25) is 25.1 Å². The van der Waals surface area contributed by atoms with Crippen molar-refractivity contribution in [3.63, 3.8) is 0 Å². The largest absolute Gasteiger partial charge is 0.481 e. The quantitative estimate of drug-likeness (QED) is 0.0366. The summed E-state index contributed by atoms with van der Waals surface area (Å²) in [6, 6.07) is -0.170. The lowest BCUT2D eigenvalue weighted by atomic mass is 9.94. The molecule has 0 aliphatic rings. The summed E-state index contributed by atoms with van der Waals surface area (Å²) in [6.07, 6.45) is 23.6. The Labute approximate surface area is 293 Å². The molecule has 277 valence electrons. The molecule has 11 heteroatoms. The average molecular weight is 678 g/mol. The minimum atomic E-state index is -0.688. The van der Waals surface area contributed by atoms with E-state index in [9.17, 15) is 24.0 Å². The van der Waals surface area contributed by atoms with Gasteiger partial charge in [-0.2, -0.15) is 0 Å². The summed E-state index contributed by atoms with van der Waals surface area (Å²) in [5, 5.41) is 20.6. The minimum Gasteiger partial charge on any atom is -0.481 e. The van der Waals surface area contributed by atoms with Crippen molar-refractivity contribution in [1.29, 1.82) is 0 Å². The van der Waals surface area contributed by atoms with E-state index in [0.29, 0.717) is 45.2 Å². The Kier molecular flexibility index (Phi) is 31.4. The van der Waals surface area contributed by atoms with Crippen LogP contribution in [0.3, 0.4) is 0 Å². The van der Waals surface area contributed by atoms with E-state index in [1.165, 1.54) is 57.8 Å². The summed E-state index contributed by atoms with van der Waals surface area (Å²) in [7, 11) is 1.79. The zero-order valence-electron chi connectivity index (χ0n) is 30.8. The third-order valence-electron chi connectivity index (χ3n) is 8.76. The molecule has 0 bridgehead atoms. The number of rotatable bonds is 35. The van der Waals surface area contributed by atoms with Crippen LogP contribution in [0, 0.1) is 0 Å². The molecule has 0 heterocycles. The first kappa shape index (κ1) is 45.6. The molecule has 0 saturated heterocycles. The van der Waals surface area contributed by atoms with Crippen LogP contribution in [-0.4, -0.2) is 67.2 Å². The Morgan fingerprint density at radius 3 is 1.44 bits per heavy atom. The summed E-state index contributed by atoms with van der Waals surface area (Å²) in [5.74, 6) is -0.444. The molecule has 0 fully saturated rings. The molecule has 3 amide bonds. The Hall–Kier alpha value is -2.43. The molecular formula is C37H70BN4O6. The Balaban J connectivity index is 3.54. The van der Waals surface area contributed by atoms with E-state index in [4.69, 9.17) is 5.11 Å². The lowest BCUT2D eigenvalue weighted by molar-refractivity contribution is -0.137. The molecule has 0 aliphatic carbocycles. The van der Waals surface area contributed by atoms with Crippen LogP contribution in [0.1, 0.15) is 174 Å². The molecule has 48 heavy (non-hydrogen) atoms. The van der Waals surface area contributed by atoms with Crippen LogP contribution in [0.15, 0.2) is 0 Å². The van der Waals surface area contributed by atoms with Gasteiger partial charge in [-0.3, -0.25) is 24.0 Å². The summed E-state index contributed by atoms with van der Waals surface area (Å²) < 4.78 is 0. The van der Waals surface area contributed by atoms with Crippen molar-refractivity contribution < 1.29 is 29.1 Å². The van der Waals surface area contributed by atoms with Crippen molar-refractivity contribution in [3.05, 3.63) is 0 Å². The summed E-state index contributed by atoms with van der Waals surface area (Å²) in [6.45, 7) is 6.63. The third kappa shape index (κ3) is 32.1. The van der Waals surface area contributed by atoms with Gasteiger partial charge >= 0.3 is 5.97 Å². The maximum absolute atomic E-state index is 12.3. The predicted octanol–water partition coefficient (Wildman–Crippen LogP) is 6.78. The first-order valence-electron chi connectivity index (χ1n) is 19.2. The van der Waals surface area contributed by atoms with Gasteiger partial charge in [-0.15, -0.1) is 0 Å². The predicted molar refractivity (Wildman–Crippen MR) is 196 cm³/mol. The second kappa shape index (κ2) is 33.1. The highest BCUT2D eigenvalue weighted by Crippen LogP contribution is 2.14. The van der Waals surface area contributed by atoms with Crippen molar-refractivity contribution in [2.45, 2.75) is 193 Å². The van der Waals surface area contributed by atoms with Crippen molar-refractivity contribution >= 4 is 36.9 Å². The van der Waals surface area contributed by atoms with Gasteiger partial charge in [0, 0.05) is 44.8 Å². The Morgan fingerprint density at radius 1 is 0.542 bits per heavy atom. The second-order valence-corrected chi connectivity index (χ2v) is 13.5. The molecule has 1 radical (unpaired) electrons. The zero-order chi connectivity index (χ0) is 35.7. The van der Waals surface area contributed by atoms with E-state index in [0.717, 1.165) is 70.6 Å². The summed E-state index contributed by atoms with van der Waals surface area (Å²) in [5.41, 5.74) is 0. The number of carboxylic acids is 1. The fourth-order valence-corrected chi connectivity index (χ4v) is 5.75. The second-order valence-electron chi connectivity index (χ2n) is 13.5.